The van der Waals surface area contributed by atoms with E-state index in [0.717, 1.165) is 0 Å². The van der Waals surface area contributed by atoms with Crippen molar-refractivity contribution in [1.29, 1.82) is 0 Å². The number of alkyl halides is 5. The van der Waals surface area contributed by atoms with E-state index < -0.39 is 20.3 Å². The molecule has 0 aromatic rings. The Kier molecular flexibility index (Phi) is 2.10. The second-order valence-corrected chi connectivity index (χ2v) is 6.10. The molecule has 0 aliphatic heterocycles. The van der Waals surface area contributed by atoms with Crippen LogP contribution in [-0.4, -0.2) is 10.1 Å². The van der Waals surface area contributed by atoms with E-state index in [4.69, 9.17) is 0 Å². The minimum Gasteiger partial charge on any atom is -0.198 e. The normalized spacial score (nSPS) is 24.5. The van der Waals surface area contributed by atoms with Gasteiger partial charge in [0.25, 0.3) is 0 Å². The molecule has 0 aromatic carbocycles. The van der Waals surface area contributed by atoms with Crippen LogP contribution in [-0.2, 0) is 0 Å². The first-order valence-corrected chi connectivity index (χ1v) is 4.91. The van der Waals surface area contributed by atoms with Gasteiger partial charge in [-0.1, -0.05) is 19.4 Å². The van der Waals surface area contributed by atoms with E-state index in [9.17, 15) is 37.0 Å². The zero-order valence-corrected chi connectivity index (χ0v) is 7.59. The van der Waals surface area contributed by atoms with E-state index in [1.165, 1.54) is 0 Å². The summed E-state index contributed by atoms with van der Waals surface area (Å²) < 4.78 is 95.6. The predicted molar refractivity (Wildman–Crippen MR) is 32.0 cm³/mol. The van der Waals surface area contributed by atoms with Crippen molar-refractivity contribution in [3.05, 3.63) is 0 Å². The lowest BCUT2D eigenvalue weighted by Crippen LogP contribution is -2.44. The van der Waals surface area contributed by atoms with Crippen LogP contribution in [0.3, 0.4) is 0 Å². The number of hydrogen-bond acceptors (Lipinski definition) is 0. The first-order valence-electron chi connectivity index (χ1n) is 2.17. The van der Waals surface area contributed by atoms with Gasteiger partial charge in [0, 0.05) is 0 Å². The van der Waals surface area contributed by atoms with Crippen LogP contribution in [0.2, 0.25) is 0 Å². The first-order chi connectivity index (χ1) is 5.00. The summed E-state index contributed by atoms with van der Waals surface area (Å²) in [6.07, 6.45) is -6.77. The topological polar surface area (TPSA) is 0 Å². The molecule has 11 heteroatoms. The third-order valence-electron chi connectivity index (χ3n) is 0.814. The molecule has 13 heavy (non-hydrogen) atoms. The van der Waals surface area contributed by atoms with Crippen LogP contribution < -0.4 is 0 Å². The molecule has 0 fully saturated rings. The molecule has 1 unspecified atom stereocenters. The van der Waals surface area contributed by atoms with E-state index in [0.29, 0.717) is 15.9 Å². The highest BCUT2D eigenvalue weighted by Gasteiger charge is 2.89. The van der Waals surface area contributed by atoms with Crippen molar-refractivity contribution in [2.45, 2.75) is 10.1 Å². The Labute approximate surface area is 73.9 Å². The average Bonchev–Trinajstić information content (AvgIpc) is 1.52. The Hall–Kier alpha value is 0.200. The van der Waals surface area contributed by atoms with Crippen molar-refractivity contribution in [3.8, 4) is 0 Å². The standard InChI is InChI=1S/C2BrF9S/c3-1(4,2(5,6)7)13(8,9,10,11)12. The maximum absolute atomic E-state index is 11.8. The lowest BCUT2D eigenvalue weighted by Gasteiger charge is -2.47. The summed E-state index contributed by atoms with van der Waals surface area (Å²) in [5.74, 6) is 0. The van der Waals surface area contributed by atoms with Gasteiger partial charge in [-0.25, -0.2) is 0 Å². The molecule has 0 amide bonds. The minimum absolute atomic E-state index is 0.321. The molecule has 0 saturated carbocycles. The Bertz CT molecular complexity index is 216. The van der Waals surface area contributed by atoms with E-state index in [-0.39, 0.29) is 0 Å². The Morgan fingerprint density at radius 3 is 1.00 bits per heavy atom. The van der Waals surface area contributed by atoms with Gasteiger partial charge in [0.05, 0.1) is 0 Å². The SMILES string of the molecule is FC(F)(F)C(F)(Br)S(F)(F)(F)(F)F. The molecule has 1 atom stereocenters. The highest BCUT2D eigenvalue weighted by Crippen LogP contribution is 3.06. The second kappa shape index (κ2) is 2.07. The third-order valence-corrected chi connectivity index (χ3v) is 4.30. The van der Waals surface area contributed by atoms with Crippen LogP contribution in [0.25, 0.3) is 0 Å². The molecule has 0 radical (unpaired) electrons. The van der Waals surface area contributed by atoms with Crippen LogP contribution in [0.1, 0.15) is 0 Å². The van der Waals surface area contributed by atoms with Gasteiger partial charge in [-0.15, -0.1) is 0 Å². The van der Waals surface area contributed by atoms with E-state index in [1.807, 2.05) is 0 Å². The van der Waals surface area contributed by atoms with Gasteiger partial charge in [-0.2, -0.15) is 17.6 Å². The van der Waals surface area contributed by atoms with Crippen LogP contribution >= 0.6 is 26.2 Å². The summed E-state index contributed by atoms with van der Waals surface area (Å²) in [4.78, 5) is 0. The smallest absolute Gasteiger partial charge is 0.198 e. The van der Waals surface area contributed by atoms with E-state index in [2.05, 4.69) is 0 Å². The highest BCUT2D eigenvalue weighted by molar-refractivity contribution is 9.13. The maximum atomic E-state index is 11.8. The molecule has 0 aliphatic carbocycles. The average molecular weight is 307 g/mol. The van der Waals surface area contributed by atoms with Gasteiger partial charge in [-0.05, 0) is 15.9 Å². The van der Waals surface area contributed by atoms with Crippen molar-refractivity contribution < 1.29 is 37.0 Å². The molecule has 0 rings (SSSR count). The molecule has 0 aromatic heterocycles. The lowest BCUT2D eigenvalue weighted by atomic mass is 10.7. The second-order valence-electron chi connectivity index (χ2n) is 1.98. The fourth-order valence-electron chi connectivity index (χ4n) is 0.219. The summed E-state index contributed by atoms with van der Waals surface area (Å²) >= 11 is 0.321. The molecule has 0 bridgehead atoms. The molecule has 0 N–H and O–H groups in total. The van der Waals surface area contributed by atoms with Gasteiger partial charge in [0.2, 0.25) is 0 Å². The van der Waals surface area contributed by atoms with Gasteiger partial charge in [-0.3, -0.25) is 0 Å². The van der Waals surface area contributed by atoms with Gasteiger partial charge in [0.1, 0.15) is 0 Å². The monoisotopic (exact) mass is 306 g/mol. The first kappa shape index (κ1) is 13.2. The summed E-state index contributed by atoms with van der Waals surface area (Å²) in [5.41, 5.74) is 0. The molecule has 0 aliphatic rings. The highest BCUT2D eigenvalue weighted by atomic mass is 79.9. The fraction of sp³-hybridized carbons (Fsp3) is 1.00. The van der Waals surface area contributed by atoms with Crippen LogP contribution in [0, 0.1) is 0 Å². The summed E-state index contributed by atoms with van der Waals surface area (Å²) in [5, 5.41) is 0. The molecule has 0 heterocycles. The van der Waals surface area contributed by atoms with E-state index in [1.54, 1.807) is 0 Å². The Morgan fingerprint density at radius 1 is 0.769 bits per heavy atom. The lowest BCUT2D eigenvalue weighted by molar-refractivity contribution is -0.173. The number of hydrogen-bond donors (Lipinski definition) is 0. The summed E-state index contributed by atoms with van der Waals surface area (Å²) in [7, 11) is -11.3. The summed E-state index contributed by atoms with van der Waals surface area (Å²) in [6.45, 7) is 0. The fourth-order valence-corrected chi connectivity index (χ4v) is 0.656. The minimum atomic E-state index is -11.3. The molecular weight excluding hydrogens is 307 g/mol. The third kappa shape index (κ3) is 2.17. The molecule has 0 spiro atoms. The van der Waals surface area contributed by atoms with Crippen LogP contribution in [0.15, 0.2) is 0 Å². The Morgan fingerprint density at radius 2 is 1.00 bits per heavy atom. The van der Waals surface area contributed by atoms with Crippen molar-refractivity contribution >= 4 is 26.2 Å². The molecule has 0 saturated heterocycles. The predicted octanol–water partition coefficient (Wildman–Crippen LogP) is 4.87. The van der Waals surface area contributed by atoms with Crippen LogP contribution in [0.5, 0.6) is 0 Å². The maximum Gasteiger partial charge on any atom is 0.452 e. The van der Waals surface area contributed by atoms with Crippen LogP contribution in [0.4, 0.5) is 37.0 Å². The van der Waals surface area contributed by atoms with Crippen molar-refractivity contribution in [1.82, 2.24) is 0 Å². The van der Waals surface area contributed by atoms with Crippen molar-refractivity contribution in [2.24, 2.45) is 0 Å². The van der Waals surface area contributed by atoms with Gasteiger partial charge in [0.15, 0.2) is 0 Å². The Balaban J connectivity index is 5.60. The van der Waals surface area contributed by atoms with E-state index >= 15 is 0 Å². The zero-order valence-electron chi connectivity index (χ0n) is 5.19. The van der Waals surface area contributed by atoms with Crippen molar-refractivity contribution in [2.75, 3.05) is 0 Å². The summed E-state index contributed by atoms with van der Waals surface area (Å²) in [6, 6.07) is 0. The van der Waals surface area contributed by atoms with Gasteiger partial charge < -0.3 is 0 Å². The molecule has 0 nitrogen and oxygen atoms in total. The number of halogens is 10. The number of rotatable bonds is 1. The quantitative estimate of drug-likeness (QED) is 0.479. The zero-order chi connectivity index (χ0) is 11.4. The van der Waals surface area contributed by atoms with Crippen molar-refractivity contribution in [3.63, 3.8) is 0 Å². The largest absolute Gasteiger partial charge is 0.452 e. The molecule has 84 valence electrons. The van der Waals surface area contributed by atoms with Gasteiger partial charge >= 0.3 is 20.3 Å². The molecular formula is C2BrF9S.